The van der Waals surface area contributed by atoms with Crippen molar-refractivity contribution in [1.82, 2.24) is 20.3 Å². The van der Waals surface area contributed by atoms with Gasteiger partial charge in [-0.15, -0.1) is 0 Å². The number of imidazole rings is 1. The van der Waals surface area contributed by atoms with Crippen molar-refractivity contribution in [3.8, 4) is 0 Å². The Morgan fingerprint density at radius 1 is 1.38 bits per heavy atom. The standard InChI is InChI=1S/C14H20N6O/c1-10-7-16-3-2-13(10)18-4-5-19-14(21)12(15)6-11-8-17-9-20-11/h2-3,7-9,12H,4-6,15H2,1H3,(H,16,18)(H,17,20)(H,19,21)/t12-/m0/s1. The molecule has 1 atom stereocenters. The van der Waals surface area contributed by atoms with Crippen LogP contribution in [0.5, 0.6) is 0 Å². The van der Waals surface area contributed by atoms with Crippen LogP contribution in [0.3, 0.4) is 0 Å². The first-order valence-electron chi connectivity index (χ1n) is 6.82. The minimum absolute atomic E-state index is 0.169. The van der Waals surface area contributed by atoms with E-state index in [0.29, 0.717) is 19.5 Å². The summed E-state index contributed by atoms with van der Waals surface area (Å²) < 4.78 is 0. The van der Waals surface area contributed by atoms with E-state index in [9.17, 15) is 4.79 Å². The number of rotatable bonds is 7. The molecule has 2 heterocycles. The van der Waals surface area contributed by atoms with Gasteiger partial charge in [-0.05, 0) is 18.6 Å². The minimum atomic E-state index is -0.576. The monoisotopic (exact) mass is 288 g/mol. The lowest BCUT2D eigenvalue weighted by atomic mass is 10.1. The van der Waals surface area contributed by atoms with Crippen molar-refractivity contribution in [2.24, 2.45) is 5.73 Å². The molecule has 0 radical (unpaired) electrons. The van der Waals surface area contributed by atoms with Gasteiger partial charge in [-0.2, -0.15) is 0 Å². The molecule has 1 amide bonds. The summed E-state index contributed by atoms with van der Waals surface area (Å²) in [5.74, 6) is -0.169. The number of nitrogens with zero attached hydrogens (tertiary/aromatic N) is 2. The number of aromatic amines is 1. The smallest absolute Gasteiger partial charge is 0.237 e. The predicted molar refractivity (Wildman–Crippen MR) is 80.7 cm³/mol. The molecular formula is C14H20N6O. The third-order valence-electron chi connectivity index (χ3n) is 3.09. The van der Waals surface area contributed by atoms with Crippen LogP contribution < -0.4 is 16.4 Å². The van der Waals surface area contributed by atoms with E-state index in [-0.39, 0.29) is 5.91 Å². The summed E-state index contributed by atoms with van der Waals surface area (Å²) in [6.07, 6.45) is 7.21. The summed E-state index contributed by atoms with van der Waals surface area (Å²) in [7, 11) is 0. The molecular weight excluding hydrogens is 268 g/mol. The fourth-order valence-corrected chi connectivity index (χ4v) is 1.91. The lowest BCUT2D eigenvalue weighted by Gasteiger charge is -2.13. The second kappa shape index (κ2) is 7.39. The Labute approximate surface area is 123 Å². The molecule has 0 fully saturated rings. The van der Waals surface area contributed by atoms with Crippen LogP contribution in [-0.4, -0.2) is 40.0 Å². The number of pyridine rings is 1. The van der Waals surface area contributed by atoms with Crippen LogP contribution in [0, 0.1) is 6.92 Å². The average molecular weight is 288 g/mol. The van der Waals surface area contributed by atoms with Crippen molar-refractivity contribution in [3.05, 3.63) is 42.2 Å². The van der Waals surface area contributed by atoms with Crippen molar-refractivity contribution in [2.45, 2.75) is 19.4 Å². The first kappa shape index (κ1) is 15.0. The molecule has 0 saturated heterocycles. The quantitative estimate of drug-likeness (QED) is 0.545. The number of amides is 1. The zero-order valence-corrected chi connectivity index (χ0v) is 12.0. The van der Waals surface area contributed by atoms with Crippen molar-refractivity contribution in [2.75, 3.05) is 18.4 Å². The van der Waals surface area contributed by atoms with E-state index in [4.69, 9.17) is 5.73 Å². The van der Waals surface area contributed by atoms with Gasteiger partial charge in [-0.25, -0.2) is 4.98 Å². The molecule has 0 aliphatic heterocycles. The molecule has 0 aliphatic rings. The van der Waals surface area contributed by atoms with E-state index in [1.165, 1.54) is 0 Å². The average Bonchev–Trinajstić information content (AvgIpc) is 2.98. The van der Waals surface area contributed by atoms with Gasteiger partial charge in [-0.3, -0.25) is 9.78 Å². The Morgan fingerprint density at radius 3 is 2.95 bits per heavy atom. The van der Waals surface area contributed by atoms with E-state index < -0.39 is 6.04 Å². The second-order valence-corrected chi connectivity index (χ2v) is 4.80. The Hall–Kier alpha value is -2.41. The zero-order valence-electron chi connectivity index (χ0n) is 12.0. The highest BCUT2D eigenvalue weighted by Crippen LogP contribution is 2.10. The highest BCUT2D eigenvalue weighted by molar-refractivity contribution is 5.81. The van der Waals surface area contributed by atoms with Gasteiger partial charge in [0.1, 0.15) is 0 Å². The van der Waals surface area contributed by atoms with Crippen LogP contribution >= 0.6 is 0 Å². The number of hydrogen-bond donors (Lipinski definition) is 4. The summed E-state index contributed by atoms with van der Waals surface area (Å²) in [6, 6.07) is 1.33. The molecule has 0 spiro atoms. The van der Waals surface area contributed by atoms with Gasteiger partial charge in [0, 0.05) is 49.5 Å². The molecule has 21 heavy (non-hydrogen) atoms. The van der Waals surface area contributed by atoms with Crippen molar-refractivity contribution in [3.63, 3.8) is 0 Å². The number of carbonyl (C=O) groups excluding carboxylic acids is 1. The van der Waals surface area contributed by atoms with Crippen LogP contribution in [-0.2, 0) is 11.2 Å². The minimum Gasteiger partial charge on any atom is -0.383 e. The van der Waals surface area contributed by atoms with Crippen LogP contribution in [0.2, 0.25) is 0 Å². The first-order valence-corrected chi connectivity index (χ1v) is 6.82. The first-order chi connectivity index (χ1) is 10.2. The summed E-state index contributed by atoms with van der Waals surface area (Å²) >= 11 is 0. The molecule has 2 aromatic heterocycles. The van der Waals surface area contributed by atoms with Gasteiger partial charge in [-0.1, -0.05) is 0 Å². The number of aryl methyl sites for hydroxylation is 1. The highest BCUT2D eigenvalue weighted by Gasteiger charge is 2.13. The maximum atomic E-state index is 11.8. The van der Waals surface area contributed by atoms with E-state index in [1.807, 2.05) is 13.0 Å². The molecule has 0 aliphatic carbocycles. The van der Waals surface area contributed by atoms with Gasteiger partial charge in [0.05, 0.1) is 12.4 Å². The van der Waals surface area contributed by atoms with Gasteiger partial charge >= 0.3 is 0 Å². The fraction of sp³-hybridized carbons (Fsp3) is 0.357. The highest BCUT2D eigenvalue weighted by atomic mass is 16.2. The molecule has 0 unspecified atom stereocenters. The topological polar surface area (TPSA) is 109 Å². The Kier molecular flexibility index (Phi) is 5.28. The maximum absolute atomic E-state index is 11.8. The third-order valence-corrected chi connectivity index (χ3v) is 3.09. The van der Waals surface area contributed by atoms with E-state index in [2.05, 4.69) is 25.6 Å². The number of nitrogens with two attached hydrogens (primary N) is 1. The Morgan fingerprint density at radius 2 is 2.24 bits per heavy atom. The summed E-state index contributed by atoms with van der Waals surface area (Å²) in [4.78, 5) is 22.7. The molecule has 7 nitrogen and oxygen atoms in total. The van der Waals surface area contributed by atoms with Crippen LogP contribution in [0.25, 0.3) is 0 Å². The number of hydrogen-bond acceptors (Lipinski definition) is 5. The molecule has 112 valence electrons. The summed E-state index contributed by atoms with van der Waals surface area (Å²) in [6.45, 7) is 3.12. The molecule has 0 aromatic carbocycles. The SMILES string of the molecule is Cc1cnccc1NCCNC(=O)[C@@H](N)Cc1cnc[nH]1. The molecule has 2 rings (SSSR count). The van der Waals surface area contributed by atoms with Gasteiger partial charge in [0.25, 0.3) is 0 Å². The van der Waals surface area contributed by atoms with Gasteiger partial charge in [0.15, 0.2) is 0 Å². The molecule has 0 saturated carbocycles. The number of carbonyl (C=O) groups is 1. The number of aromatic nitrogens is 3. The van der Waals surface area contributed by atoms with Crippen LogP contribution in [0.4, 0.5) is 5.69 Å². The normalized spacial score (nSPS) is 11.9. The summed E-state index contributed by atoms with van der Waals surface area (Å²) in [5.41, 5.74) is 8.77. The van der Waals surface area contributed by atoms with Crippen molar-refractivity contribution >= 4 is 11.6 Å². The Bertz CT molecular complexity index is 569. The van der Waals surface area contributed by atoms with Gasteiger partial charge in [0.2, 0.25) is 5.91 Å². The second-order valence-electron chi connectivity index (χ2n) is 4.80. The largest absolute Gasteiger partial charge is 0.383 e. The molecule has 5 N–H and O–H groups in total. The number of anilines is 1. The lowest BCUT2D eigenvalue weighted by molar-refractivity contribution is -0.122. The molecule has 2 aromatic rings. The third kappa shape index (κ3) is 4.57. The van der Waals surface area contributed by atoms with Crippen molar-refractivity contribution < 1.29 is 4.79 Å². The number of nitrogens with one attached hydrogen (secondary N) is 3. The number of H-pyrrole nitrogens is 1. The maximum Gasteiger partial charge on any atom is 0.237 e. The molecule has 7 heteroatoms. The van der Waals surface area contributed by atoms with E-state index in [0.717, 1.165) is 16.9 Å². The van der Waals surface area contributed by atoms with Crippen LogP contribution in [0.1, 0.15) is 11.3 Å². The zero-order chi connectivity index (χ0) is 15.1. The van der Waals surface area contributed by atoms with Crippen LogP contribution in [0.15, 0.2) is 31.0 Å². The fourth-order valence-electron chi connectivity index (χ4n) is 1.91. The van der Waals surface area contributed by atoms with E-state index >= 15 is 0 Å². The molecule has 0 bridgehead atoms. The Balaban J connectivity index is 1.68. The summed E-state index contributed by atoms with van der Waals surface area (Å²) in [5, 5.41) is 6.05. The van der Waals surface area contributed by atoms with Gasteiger partial charge < -0.3 is 21.4 Å². The van der Waals surface area contributed by atoms with Crippen molar-refractivity contribution in [1.29, 1.82) is 0 Å². The lowest BCUT2D eigenvalue weighted by Crippen LogP contribution is -2.43. The predicted octanol–water partition coefficient (Wildman–Crippen LogP) is 0.211. The van der Waals surface area contributed by atoms with E-state index in [1.54, 1.807) is 24.9 Å².